The molecule has 1 amide bonds. The second kappa shape index (κ2) is 9.73. The van der Waals surface area contributed by atoms with Gasteiger partial charge in [0.15, 0.2) is 5.69 Å². The Morgan fingerprint density at radius 3 is 2.43 bits per heavy atom. The fourth-order valence-corrected chi connectivity index (χ4v) is 3.00. The first-order chi connectivity index (χ1) is 13.2. The largest absolute Gasteiger partial charge is 0.505 e. The highest BCUT2D eigenvalue weighted by molar-refractivity contribution is 5.90. The summed E-state index contributed by atoms with van der Waals surface area (Å²) >= 11 is 0. The Bertz CT molecular complexity index is 679. The molecule has 8 heteroatoms. The van der Waals surface area contributed by atoms with Gasteiger partial charge in [0.2, 0.25) is 0 Å². The van der Waals surface area contributed by atoms with Gasteiger partial charge < -0.3 is 19.5 Å². The molecule has 8 nitrogen and oxygen atoms in total. The average molecular weight is 393 g/mol. The fourth-order valence-electron chi connectivity index (χ4n) is 3.00. The van der Waals surface area contributed by atoms with Gasteiger partial charge >= 0.3 is 12.1 Å². The van der Waals surface area contributed by atoms with Crippen LogP contribution in [-0.2, 0) is 15.9 Å². The van der Waals surface area contributed by atoms with Crippen LogP contribution >= 0.6 is 0 Å². The van der Waals surface area contributed by atoms with Gasteiger partial charge in [0.1, 0.15) is 11.4 Å². The highest BCUT2D eigenvalue weighted by atomic mass is 16.6. The van der Waals surface area contributed by atoms with Crippen molar-refractivity contribution in [1.82, 2.24) is 14.8 Å². The Balaban J connectivity index is 1.70. The third-order valence-electron chi connectivity index (χ3n) is 4.49. The van der Waals surface area contributed by atoms with Crippen molar-refractivity contribution in [2.24, 2.45) is 0 Å². The summed E-state index contributed by atoms with van der Waals surface area (Å²) in [5.41, 5.74) is 0.246. The molecule has 0 aromatic carbocycles. The lowest BCUT2D eigenvalue weighted by molar-refractivity contribution is 0.0144. The van der Waals surface area contributed by atoms with E-state index >= 15 is 0 Å². The fraction of sp³-hybridized carbons (Fsp3) is 0.650. The van der Waals surface area contributed by atoms with Crippen LogP contribution in [0.5, 0.6) is 5.75 Å². The molecule has 1 aromatic rings. The number of pyridine rings is 1. The number of nitrogens with zero attached hydrogens (tertiary/aromatic N) is 3. The molecule has 0 radical (unpaired) electrons. The summed E-state index contributed by atoms with van der Waals surface area (Å²) in [6.45, 7) is 9.60. The second-order valence-corrected chi connectivity index (χ2v) is 7.93. The number of unbranched alkanes of at least 4 members (excludes halogenated alkanes) is 1. The number of hydrogen-bond acceptors (Lipinski definition) is 7. The molecule has 0 bridgehead atoms. The molecule has 1 aromatic heterocycles. The summed E-state index contributed by atoms with van der Waals surface area (Å²) in [6, 6.07) is 3.20. The molecule has 2 rings (SSSR count). The minimum absolute atomic E-state index is 0.0433. The highest BCUT2D eigenvalue weighted by Gasteiger charge is 2.25. The van der Waals surface area contributed by atoms with Crippen molar-refractivity contribution in [3.63, 3.8) is 0 Å². The van der Waals surface area contributed by atoms with Gasteiger partial charge in [-0.1, -0.05) is 0 Å². The van der Waals surface area contributed by atoms with Crippen LogP contribution in [0.15, 0.2) is 12.1 Å². The average Bonchev–Trinajstić information content (AvgIpc) is 2.65. The minimum Gasteiger partial charge on any atom is -0.505 e. The second-order valence-electron chi connectivity index (χ2n) is 7.93. The zero-order chi connectivity index (χ0) is 20.7. The molecule has 1 fully saturated rings. The molecule has 1 N–H and O–H groups in total. The Kier molecular flexibility index (Phi) is 7.62. The van der Waals surface area contributed by atoms with Crippen LogP contribution < -0.4 is 0 Å². The van der Waals surface area contributed by atoms with Gasteiger partial charge in [-0.15, -0.1) is 0 Å². The van der Waals surface area contributed by atoms with E-state index < -0.39 is 11.6 Å². The molecule has 0 atom stereocenters. The van der Waals surface area contributed by atoms with Crippen LogP contribution in [-0.4, -0.2) is 77.4 Å². The van der Waals surface area contributed by atoms with Gasteiger partial charge in [-0.05, 0) is 58.7 Å². The van der Waals surface area contributed by atoms with E-state index in [4.69, 9.17) is 4.74 Å². The number of carbonyl (C=O) groups is 2. The van der Waals surface area contributed by atoms with Crippen LogP contribution in [0.3, 0.4) is 0 Å². The monoisotopic (exact) mass is 393 g/mol. The number of piperazine rings is 1. The van der Waals surface area contributed by atoms with E-state index in [1.165, 1.54) is 13.2 Å². The number of ether oxygens (including phenoxy) is 2. The quantitative estimate of drug-likeness (QED) is 0.586. The van der Waals surface area contributed by atoms with Crippen molar-refractivity contribution < 1.29 is 24.2 Å². The number of amides is 1. The van der Waals surface area contributed by atoms with E-state index in [-0.39, 0.29) is 17.5 Å². The van der Waals surface area contributed by atoms with E-state index in [0.717, 1.165) is 44.6 Å². The van der Waals surface area contributed by atoms with E-state index in [0.29, 0.717) is 13.1 Å². The molecule has 1 aliphatic rings. The lowest BCUT2D eigenvalue weighted by Crippen LogP contribution is -2.50. The maximum absolute atomic E-state index is 12.1. The zero-order valence-corrected chi connectivity index (χ0v) is 17.2. The first-order valence-corrected chi connectivity index (χ1v) is 9.67. The summed E-state index contributed by atoms with van der Waals surface area (Å²) < 4.78 is 10.0. The number of methoxy groups -OCH3 is 1. The molecule has 1 aliphatic heterocycles. The molecular formula is C20H31N3O5. The summed E-state index contributed by atoms with van der Waals surface area (Å²) in [4.78, 5) is 32.0. The topological polar surface area (TPSA) is 92.2 Å². The van der Waals surface area contributed by atoms with Gasteiger partial charge in [0.25, 0.3) is 0 Å². The Morgan fingerprint density at radius 2 is 1.82 bits per heavy atom. The lowest BCUT2D eigenvalue weighted by atomic mass is 10.1. The molecule has 0 spiro atoms. The van der Waals surface area contributed by atoms with Crippen molar-refractivity contribution in [1.29, 1.82) is 0 Å². The number of aryl methyl sites for hydroxylation is 1. The van der Waals surface area contributed by atoms with Gasteiger partial charge in [0.05, 0.1) is 7.11 Å². The molecular weight excluding hydrogens is 362 g/mol. The van der Waals surface area contributed by atoms with Gasteiger partial charge in [-0.3, -0.25) is 4.90 Å². The molecule has 2 heterocycles. The van der Waals surface area contributed by atoms with Crippen molar-refractivity contribution >= 4 is 12.1 Å². The van der Waals surface area contributed by atoms with E-state index in [1.807, 2.05) is 20.8 Å². The Labute approximate surface area is 166 Å². The summed E-state index contributed by atoms with van der Waals surface area (Å²) in [7, 11) is 1.26. The Morgan fingerprint density at radius 1 is 1.14 bits per heavy atom. The van der Waals surface area contributed by atoms with Gasteiger partial charge in [-0.2, -0.15) is 0 Å². The number of rotatable bonds is 6. The SMILES string of the molecule is COC(=O)c1nc(CCCCN2CCN(C(=O)OC(C)(C)C)CC2)ccc1O. The maximum atomic E-state index is 12.1. The van der Waals surface area contributed by atoms with Crippen LogP contribution in [0.4, 0.5) is 4.79 Å². The number of carbonyl (C=O) groups excluding carboxylic acids is 2. The molecule has 28 heavy (non-hydrogen) atoms. The highest BCUT2D eigenvalue weighted by Crippen LogP contribution is 2.17. The van der Waals surface area contributed by atoms with Crippen LogP contribution in [0.25, 0.3) is 0 Å². The van der Waals surface area contributed by atoms with Crippen molar-refractivity contribution in [2.45, 2.75) is 45.6 Å². The molecule has 156 valence electrons. The van der Waals surface area contributed by atoms with E-state index in [2.05, 4.69) is 14.6 Å². The van der Waals surface area contributed by atoms with E-state index in [9.17, 15) is 14.7 Å². The van der Waals surface area contributed by atoms with Gasteiger partial charge in [0, 0.05) is 31.9 Å². The predicted molar refractivity (Wildman–Crippen MR) is 104 cm³/mol. The van der Waals surface area contributed by atoms with Crippen LogP contribution in [0, 0.1) is 0 Å². The third kappa shape index (κ3) is 6.67. The lowest BCUT2D eigenvalue weighted by Gasteiger charge is -2.35. The van der Waals surface area contributed by atoms with Crippen molar-refractivity contribution in [3.8, 4) is 5.75 Å². The summed E-state index contributed by atoms with van der Waals surface area (Å²) in [5, 5.41) is 9.69. The van der Waals surface area contributed by atoms with E-state index in [1.54, 1.807) is 11.0 Å². The first kappa shape index (κ1) is 21.9. The smallest absolute Gasteiger partial charge is 0.410 e. The standard InChI is InChI=1S/C20H31N3O5/c1-20(2,3)28-19(26)23-13-11-22(12-14-23)10-6-5-7-15-8-9-16(24)17(21-15)18(25)27-4/h8-9,24H,5-7,10-14H2,1-4H3. The molecule has 0 saturated carbocycles. The third-order valence-corrected chi connectivity index (χ3v) is 4.49. The molecule has 0 aliphatic carbocycles. The normalized spacial score (nSPS) is 15.4. The number of esters is 1. The minimum atomic E-state index is -0.637. The number of aromatic nitrogens is 1. The maximum Gasteiger partial charge on any atom is 0.410 e. The number of hydrogen-bond donors (Lipinski definition) is 1. The van der Waals surface area contributed by atoms with Crippen molar-refractivity contribution in [2.75, 3.05) is 39.8 Å². The number of aromatic hydroxyl groups is 1. The predicted octanol–water partition coefficient (Wildman–Crippen LogP) is 2.45. The zero-order valence-electron chi connectivity index (χ0n) is 17.2. The van der Waals surface area contributed by atoms with Crippen molar-refractivity contribution in [3.05, 3.63) is 23.5 Å². The molecule has 0 unspecified atom stereocenters. The van der Waals surface area contributed by atoms with Crippen LogP contribution in [0.1, 0.15) is 49.8 Å². The summed E-state index contributed by atoms with van der Waals surface area (Å²) in [5.74, 6) is -0.805. The molecule has 1 saturated heterocycles. The first-order valence-electron chi connectivity index (χ1n) is 9.67. The van der Waals surface area contributed by atoms with Crippen LogP contribution in [0.2, 0.25) is 0 Å². The summed E-state index contributed by atoms with van der Waals surface area (Å²) in [6.07, 6.45) is 2.39. The Hall–Kier alpha value is -2.35. The van der Waals surface area contributed by atoms with Gasteiger partial charge in [-0.25, -0.2) is 14.6 Å².